The molecule has 0 saturated heterocycles. The van der Waals surface area contributed by atoms with E-state index in [9.17, 15) is 5.26 Å². The van der Waals surface area contributed by atoms with Gasteiger partial charge >= 0.3 is 0 Å². The van der Waals surface area contributed by atoms with E-state index in [1.807, 2.05) is 17.4 Å². The quantitative estimate of drug-likeness (QED) is 0.173. The van der Waals surface area contributed by atoms with Crippen molar-refractivity contribution in [1.82, 2.24) is 0 Å². The average molecular weight is 946 g/mol. The van der Waals surface area contributed by atoms with Crippen LogP contribution in [0.4, 0.5) is 0 Å². The van der Waals surface area contributed by atoms with Gasteiger partial charge in [0, 0.05) is 20.2 Å². The summed E-state index contributed by atoms with van der Waals surface area (Å²) in [5.41, 5.74) is 28.0. The topological polar surface area (TPSA) is 23.8 Å². The number of benzene rings is 11. The number of rotatable bonds is 3. The van der Waals surface area contributed by atoms with Crippen molar-refractivity contribution in [3.63, 3.8) is 0 Å². The van der Waals surface area contributed by atoms with Gasteiger partial charge in [-0.3, -0.25) is 0 Å². The standard InChI is InChI=1S/C71H47NS/c1-71(2,3)69-47(44-31-35-58-54-20-7-6-18-52(54)50-16-4-5-17-51(50)53-19-8-9-21-55(53)65(58)39-44)25-14-26-48(69)45-32-36-60-59-37-33-46(49-27-15-28-63-62-24-12-13-29-68(62)73-70(49)63)41-66(59)57-23-11-10-22-56(57)64-38-43(42-72)30-34-61(64)67(60)40-45/h4-41H,1-3H3. The van der Waals surface area contributed by atoms with Crippen molar-refractivity contribution in [2.24, 2.45) is 0 Å². The normalized spacial score (nSPS) is 12.0. The van der Waals surface area contributed by atoms with Crippen molar-refractivity contribution in [3.8, 4) is 128 Å². The Balaban J connectivity index is 0.972. The summed E-state index contributed by atoms with van der Waals surface area (Å²) in [5, 5.41) is 13.0. The van der Waals surface area contributed by atoms with Gasteiger partial charge < -0.3 is 0 Å². The molecule has 11 aromatic carbocycles. The summed E-state index contributed by atoms with van der Waals surface area (Å²) < 4.78 is 2.60. The first-order valence-corrected chi connectivity index (χ1v) is 26.0. The van der Waals surface area contributed by atoms with Crippen LogP contribution in [0.1, 0.15) is 31.9 Å². The van der Waals surface area contributed by atoms with E-state index in [4.69, 9.17) is 0 Å². The molecule has 1 heterocycles. The Morgan fingerprint density at radius 2 is 0.630 bits per heavy atom. The molecule has 0 atom stereocenters. The molecule has 0 spiro atoms. The van der Waals surface area contributed by atoms with Crippen LogP contribution in [-0.2, 0) is 5.41 Å². The third-order valence-electron chi connectivity index (χ3n) is 15.4. The Labute approximate surface area is 430 Å². The molecule has 0 radical (unpaired) electrons. The molecule has 1 nitrogen and oxygen atoms in total. The van der Waals surface area contributed by atoms with Gasteiger partial charge in [0.25, 0.3) is 0 Å². The van der Waals surface area contributed by atoms with Gasteiger partial charge in [0.15, 0.2) is 0 Å². The molecule has 0 unspecified atom stereocenters. The van der Waals surface area contributed by atoms with Crippen molar-refractivity contribution in [1.29, 1.82) is 5.26 Å². The summed E-state index contributed by atoms with van der Waals surface area (Å²) in [7, 11) is 0. The third kappa shape index (κ3) is 6.81. The minimum absolute atomic E-state index is 0.220. The van der Waals surface area contributed by atoms with Crippen LogP contribution in [0.25, 0.3) is 143 Å². The maximum absolute atomic E-state index is 10.4. The molecule has 0 aliphatic heterocycles. The lowest BCUT2D eigenvalue weighted by atomic mass is 9.75. The largest absolute Gasteiger partial charge is 0.192 e. The highest BCUT2D eigenvalue weighted by Gasteiger charge is 2.29. The Kier molecular flexibility index (Phi) is 9.77. The molecule has 0 N–H and O–H groups in total. The molecule has 14 rings (SSSR count). The van der Waals surface area contributed by atoms with E-state index in [1.54, 1.807) is 0 Å². The van der Waals surface area contributed by atoms with Gasteiger partial charge in [-0.15, -0.1) is 11.3 Å². The van der Waals surface area contributed by atoms with Gasteiger partial charge in [-0.25, -0.2) is 0 Å². The number of hydrogen-bond acceptors (Lipinski definition) is 2. The fourth-order valence-corrected chi connectivity index (χ4v) is 13.4. The Morgan fingerprint density at radius 3 is 1.10 bits per heavy atom. The highest BCUT2D eigenvalue weighted by atomic mass is 32.1. The summed E-state index contributed by atoms with van der Waals surface area (Å²) in [4.78, 5) is 0. The Hall–Kier alpha value is -8.87. The third-order valence-corrected chi connectivity index (χ3v) is 16.6. The number of thiophene rings is 1. The monoisotopic (exact) mass is 945 g/mol. The maximum Gasteiger partial charge on any atom is 0.0991 e. The average Bonchev–Trinajstić information content (AvgIpc) is 3.82. The molecule has 0 fully saturated rings. The summed E-state index contributed by atoms with van der Waals surface area (Å²) in [5.74, 6) is 0. The van der Waals surface area contributed by atoms with Gasteiger partial charge in [-0.05, 0) is 170 Å². The molecule has 12 aromatic rings. The Morgan fingerprint density at radius 1 is 0.301 bits per heavy atom. The Bertz CT molecular complexity index is 4310. The zero-order valence-corrected chi connectivity index (χ0v) is 41.6. The molecule has 2 aliphatic carbocycles. The first kappa shape index (κ1) is 43.0. The van der Waals surface area contributed by atoms with Crippen LogP contribution in [0.15, 0.2) is 231 Å². The highest BCUT2D eigenvalue weighted by Crippen LogP contribution is 2.53. The maximum atomic E-state index is 10.4. The van der Waals surface area contributed by atoms with E-state index < -0.39 is 0 Å². The predicted octanol–water partition coefficient (Wildman–Crippen LogP) is 20.2. The summed E-state index contributed by atoms with van der Waals surface area (Å²) >= 11 is 1.87. The van der Waals surface area contributed by atoms with E-state index in [2.05, 4.69) is 251 Å². The van der Waals surface area contributed by atoms with Crippen LogP contribution >= 0.6 is 11.3 Å². The number of nitriles is 1. The number of nitrogens with zero attached hydrogens (tertiary/aromatic N) is 1. The molecule has 0 amide bonds. The van der Waals surface area contributed by atoms with Crippen LogP contribution in [0.2, 0.25) is 0 Å². The summed E-state index contributed by atoms with van der Waals surface area (Å²) in [6.07, 6.45) is 0. The second-order valence-electron chi connectivity index (χ2n) is 20.6. The van der Waals surface area contributed by atoms with E-state index in [0.29, 0.717) is 5.56 Å². The molecule has 0 bridgehead atoms. The summed E-state index contributed by atoms with van der Waals surface area (Å²) in [6, 6.07) is 87.8. The van der Waals surface area contributed by atoms with Crippen LogP contribution in [0.3, 0.4) is 0 Å². The first-order valence-electron chi connectivity index (χ1n) is 25.2. The van der Waals surface area contributed by atoms with E-state index in [1.165, 1.54) is 115 Å². The van der Waals surface area contributed by atoms with Gasteiger partial charge in [-0.2, -0.15) is 5.26 Å². The zero-order chi connectivity index (χ0) is 49.0. The van der Waals surface area contributed by atoms with Crippen LogP contribution in [0.5, 0.6) is 0 Å². The van der Waals surface area contributed by atoms with Gasteiger partial charge in [0.2, 0.25) is 0 Å². The molecule has 2 heteroatoms. The highest BCUT2D eigenvalue weighted by molar-refractivity contribution is 7.26. The SMILES string of the molecule is CC(C)(C)c1c(-c2ccc3c(c2)-c2ccccc2-c2ccccc2-c2ccccc2-3)cccc1-c1ccc2c(c1)-c1ccc(C#N)cc1-c1ccccc1-c1cc(-c3cccc4c3sc3ccccc34)ccc1-2. The van der Waals surface area contributed by atoms with Gasteiger partial charge in [0.1, 0.15) is 0 Å². The summed E-state index contributed by atoms with van der Waals surface area (Å²) in [6.45, 7) is 7.05. The second-order valence-corrected chi connectivity index (χ2v) is 21.6. The van der Waals surface area contributed by atoms with Crippen molar-refractivity contribution in [3.05, 3.63) is 242 Å². The van der Waals surface area contributed by atoms with E-state index in [-0.39, 0.29) is 5.41 Å². The lowest BCUT2D eigenvalue weighted by molar-refractivity contribution is 0.593. The van der Waals surface area contributed by atoms with E-state index in [0.717, 1.165) is 33.4 Å². The molecule has 73 heavy (non-hydrogen) atoms. The van der Waals surface area contributed by atoms with Crippen LogP contribution < -0.4 is 0 Å². The zero-order valence-electron chi connectivity index (χ0n) is 40.8. The minimum atomic E-state index is -0.220. The molecule has 1 aromatic heterocycles. The smallest absolute Gasteiger partial charge is 0.0991 e. The molecule has 342 valence electrons. The lowest BCUT2D eigenvalue weighted by Crippen LogP contribution is -2.15. The molecule has 2 aliphatic rings. The number of hydrogen-bond donors (Lipinski definition) is 0. The van der Waals surface area contributed by atoms with Crippen LogP contribution in [0, 0.1) is 11.3 Å². The van der Waals surface area contributed by atoms with Crippen molar-refractivity contribution < 1.29 is 0 Å². The first-order chi connectivity index (χ1) is 35.8. The lowest BCUT2D eigenvalue weighted by Gasteiger charge is -2.29. The number of fused-ring (bicyclic) bond motifs is 19. The van der Waals surface area contributed by atoms with Crippen molar-refractivity contribution >= 4 is 31.5 Å². The van der Waals surface area contributed by atoms with Crippen LogP contribution in [-0.4, -0.2) is 0 Å². The fraction of sp³-hybridized carbons (Fsp3) is 0.0563. The molecular weight excluding hydrogens is 899 g/mol. The van der Waals surface area contributed by atoms with Gasteiger partial charge in [0.05, 0.1) is 11.6 Å². The van der Waals surface area contributed by atoms with E-state index >= 15 is 0 Å². The van der Waals surface area contributed by atoms with Gasteiger partial charge in [-0.1, -0.05) is 215 Å². The van der Waals surface area contributed by atoms with Crippen molar-refractivity contribution in [2.75, 3.05) is 0 Å². The second kappa shape index (κ2) is 16.6. The molecule has 0 saturated carbocycles. The fourth-order valence-electron chi connectivity index (χ4n) is 12.2. The predicted molar refractivity (Wildman–Crippen MR) is 310 cm³/mol. The van der Waals surface area contributed by atoms with Crippen molar-refractivity contribution in [2.45, 2.75) is 26.2 Å². The minimum Gasteiger partial charge on any atom is -0.192 e. The molecular formula is C71H47NS.